The van der Waals surface area contributed by atoms with E-state index in [9.17, 15) is 4.79 Å². The highest BCUT2D eigenvalue weighted by atomic mass is 35.5. The lowest BCUT2D eigenvalue weighted by molar-refractivity contribution is 0.0737. The van der Waals surface area contributed by atoms with Crippen molar-refractivity contribution in [3.05, 3.63) is 69.2 Å². The Bertz CT molecular complexity index is 766. The van der Waals surface area contributed by atoms with Crippen molar-refractivity contribution in [3.8, 4) is 0 Å². The molecule has 0 fully saturated rings. The van der Waals surface area contributed by atoms with Crippen LogP contribution in [0.4, 0.5) is 0 Å². The minimum Gasteiger partial charge on any atom is -0.380 e. The Morgan fingerprint density at radius 3 is 2.44 bits per heavy atom. The van der Waals surface area contributed by atoms with Gasteiger partial charge in [0.1, 0.15) is 0 Å². The van der Waals surface area contributed by atoms with E-state index in [2.05, 4.69) is 4.90 Å². The zero-order chi connectivity index (χ0) is 19.8. The molecule has 2 aromatic carbocycles. The first-order chi connectivity index (χ1) is 12.9. The standard InChI is InChI=1S/C21H26Cl2N2O2/c1-24(2)10-5-11-25(14-16-8-9-19(22)20(23)13-16)21(26)18-7-4-6-17(12-18)15-27-3/h4,6-9,12-13H,5,10-11,14-15H2,1-3H3. The summed E-state index contributed by atoms with van der Waals surface area (Å²) in [6, 6.07) is 13.1. The summed E-state index contributed by atoms with van der Waals surface area (Å²) in [6.45, 7) is 2.53. The van der Waals surface area contributed by atoms with E-state index in [4.69, 9.17) is 27.9 Å². The van der Waals surface area contributed by atoms with Gasteiger partial charge >= 0.3 is 0 Å². The maximum atomic E-state index is 13.1. The van der Waals surface area contributed by atoms with Crippen LogP contribution in [0.5, 0.6) is 0 Å². The van der Waals surface area contributed by atoms with Crippen LogP contribution in [-0.2, 0) is 17.9 Å². The van der Waals surface area contributed by atoms with Gasteiger partial charge in [-0.15, -0.1) is 0 Å². The van der Waals surface area contributed by atoms with Crippen LogP contribution in [0.25, 0.3) is 0 Å². The largest absolute Gasteiger partial charge is 0.380 e. The van der Waals surface area contributed by atoms with Gasteiger partial charge in [-0.05, 0) is 62.5 Å². The molecule has 0 atom stereocenters. The van der Waals surface area contributed by atoms with Crippen molar-refractivity contribution in [2.24, 2.45) is 0 Å². The molecule has 0 bridgehead atoms. The van der Waals surface area contributed by atoms with Gasteiger partial charge in [0.05, 0.1) is 16.7 Å². The topological polar surface area (TPSA) is 32.8 Å². The Balaban J connectivity index is 2.20. The molecule has 2 rings (SSSR count). The lowest BCUT2D eigenvalue weighted by Gasteiger charge is -2.24. The molecule has 6 heteroatoms. The molecular formula is C21H26Cl2N2O2. The van der Waals surface area contributed by atoms with Gasteiger partial charge < -0.3 is 14.5 Å². The van der Waals surface area contributed by atoms with Crippen molar-refractivity contribution in [1.29, 1.82) is 0 Å². The van der Waals surface area contributed by atoms with Crippen LogP contribution in [-0.4, -0.2) is 50.0 Å². The molecule has 27 heavy (non-hydrogen) atoms. The molecule has 0 spiro atoms. The van der Waals surface area contributed by atoms with Gasteiger partial charge in [0.15, 0.2) is 0 Å². The number of rotatable bonds is 9. The second kappa shape index (κ2) is 10.7. The van der Waals surface area contributed by atoms with Crippen LogP contribution in [0.3, 0.4) is 0 Å². The summed E-state index contributed by atoms with van der Waals surface area (Å²) >= 11 is 12.2. The zero-order valence-corrected chi connectivity index (χ0v) is 17.6. The molecule has 0 heterocycles. The second-order valence-electron chi connectivity index (χ2n) is 6.77. The van der Waals surface area contributed by atoms with E-state index in [1.807, 2.05) is 55.4 Å². The Morgan fingerprint density at radius 2 is 1.78 bits per heavy atom. The molecule has 0 saturated carbocycles. The van der Waals surface area contributed by atoms with Gasteiger partial charge in [-0.25, -0.2) is 0 Å². The van der Waals surface area contributed by atoms with Gasteiger partial charge in [0.2, 0.25) is 0 Å². The maximum absolute atomic E-state index is 13.1. The number of carbonyl (C=O) groups is 1. The molecule has 2 aromatic rings. The van der Waals surface area contributed by atoms with E-state index < -0.39 is 0 Å². The molecule has 1 amide bonds. The Labute approximate surface area is 171 Å². The van der Waals surface area contributed by atoms with Crippen LogP contribution in [0.1, 0.15) is 27.9 Å². The smallest absolute Gasteiger partial charge is 0.254 e. The minimum absolute atomic E-state index is 0.00205. The van der Waals surface area contributed by atoms with E-state index in [0.29, 0.717) is 35.3 Å². The van der Waals surface area contributed by atoms with Crippen LogP contribution in [0.2, 0.25) is 10.0 Å². The molecule has 0 aliphatic carbocycles. The SMILES string of the molecule is COCc1cccc(C(=O)N(CCCN(C)C)Cc2ccc(Cl)c(Cl)c2)c1. The lowest BCUT2D eigenvalue weighted by Crippen LogP contribution is -2.33. The lowest BCUT2D eigenvalue weighted by atomic mass is 10.1. The van der Waals surface area contributed by atoms with E-state index >= 15 is 0 Å². The van der Waals surface area contributed by atoms with Crippen molar-refractivity contribution in [2.75, 3.05) is 34.3 Å². The predicted molar refractivity (Wildman–Crippen MR) is 112 cm³/mol. The number of halogens is 2. The van der Waals surface area contributed by atoms with Crippen molar-refractivity contribution in [3.63, 3.8) is 0 Å². The third-order valence-corrected chi connectivity index (χ3v) is 4.90. The highest BCUT2D eigenvalue weighted by molar-refractivity contribution is 6.42. The number of benzene rings is 2. The molecule has 0 N–H and O–H groups in total. The monoisotopic (exact) mass is 408 g/mol. The highest BCUT2D eigenvalue weighted by Crippen LogP contribution is 2.24. The second-order valence-corrected chi connectivity index (χ2v) is 7.58. The molecule has 0 aliphatic heterocycles. The normalized spacial score (nSPS) is 11.0. The van der Waals surface area contributed by atoms with Crippen molar-refractivity contribution in [1.82, 2.24) is 9.80 Å². The number of ether oxygens (including phenoxy) is 1. The van der Waals surface area contributed by atoms with Crippen LogP contribution < -0.4 is 0 Å². The number of carbonyl (C=O) groups excluding carboxylic acids is 1. The zero-order valence-electron chi connectivity index (χ0n) is 16.0. The van der Waals surface area contributed by atoms with Crippen LogP contribution in [0, 0.1) is 0 Å². The van der Waals surface area contributed by atoms with Crippen LogP contribution in [0.15, 0.2) is 42.5 Å². The number of methoxy groups -OCH3 is 1. The highest BCUT2D eigenvalue weighted by Gasteiger charge is 2.17. The molecule has 4 nitrogen and oxygen atoms in total. The summed E-state index contributed by atoms with van der Waals surface area (Å²) in [6.07, 6.45) is 0.887. The van der Waals surface area contributed by atoms with Crippen LogP contribution >= 0.6 is 23.2 Å². The third-order valence-electron chi connectivity index (χ3n) is 4.16. The fourth-order valence-electron chi connectivity index (χ4n) is 2.83. The summed E-state index contributed by atoms with van der Waals surface area (Å²) in [4.78, 5) is 17.1. The fourth-order valence-corrected chi connectivity index (χ4v) is 3.15. The van der Waals surface area contributed by atoms with E-state index in [1.54, 1.807) is 13.2 Å². The summed E-state index contributed by atoms with van der Waals surface area (Å²) < 4.78 is 5.18. The summed E-state index contributed by atoms with van der Waals surface area (Å²) in [5.41, 5.74) is 2.59. The van der Waals surface area contributed by atoms with Gasteiger partial charge in [-0.2, -0.15) is 0 Å². The molecule has 0 unspecified atom stereocenters. The molecule has 0 radical (unpaired) electrons. The summed E-state index contributed by atoms with van der Waals surface area (Å²) in [5, 5.41) is 1.01. The fraction of sp³-hybridized carbons (Fsp3) is 0.381. The Kier molecular flexibility index (Phi) is 8.58. The predicted octanol–water partition coefficient (Wildman–Crippen LogP) is 4.73. The van der Waals surface area contributed by atoms with Gasteiger partial charge in [0, 0.05) is 25.8 Å². The first-order valence-electron chi connectivity index (χ1n) is 8.86. The van der Waals surface area contributed by atoms with E-state index in [-0.39, 0.29) is 5.91 Å². The summed E-state index contributed by atoms with van der Waals surface area (Å²) in [5.74, 6) is -0.00205. The molecule has 0 saturated heterocycles. The minimum atomic E-state index is -0.00205. The molecular weight excluding hydrogens is 383 g/mol. The number of amides is 1. The summed E-state index contributed by atoms with van der Waals surface area (Å²) in [7, 11) is 5.70. The number of nitrogens with zero attached hydrogens (tertiary/aromatic N) is 2. The average molecular weight is 409 g/mol. The van der Waals surface area contributed by atoms with Crippen molar-refractivity contribution >= 4 is 29.1 Å². The first-order valence-corrected chi connectivity index (χ1v) is 9.62. The molecule has 146 valence electrons. The van der Waals surface area contributed by atoms with Crippen molar-refractivity contribution < 1.29 is 9.53 Å². The van der Waals surface area contributed by atoms with Gasteiger partial charge in [-0.1, -0.05) is 41.4 Å². The average Bonchev–Trinajstić information content (AvgIpc) is 2.63. The van der Waals surface area contributed by atoms with Gasteiger partial charge in [-0.3, -0.25) is 4.79 Å². The third kappa shape index (κ3) is 6.82. The Morgan fingerprint density at radius 1 is 1.00 bits per heavy atom. The van der Waals surface area contributed by atoms with E-state index in [0.717, 1.165) is 24.1 Å². The number of hydrogen-bond acceptors (Lipinski definition) is 3. The quantitative estimate of drug-likeness (QED) is 0.600. The van der Waals surface area contributed by atoms with E-state index in [1.165, 1.54) is 0 Å². The molecule has 0 aromatic heterocycles. The van der Waals surface area contributed by atoms with Gasteiger partial charge in [0.25, 0.3) is 5.91 Å². The Hall–Kier alpha value is -1.59. The molecule has 0 aliphatic rings. The van der Waals surface area contributed by atoms with Crippen molar-refractivity contribution in [2.45, 2.75) is 19.6 Å². The maximum Gasteiger partial charge on any atom is 0.254 e. The number of hydrogen-bond donors (Lipinski definition) is 0. The first kappa shape index (κ1) is 21.7.